The predicted octanol–water partition coefficient (Wildman–Crippen LogP) is 5.22. The summed E-state index contributed by atoms with van der Waals surface area (Å²) in [5.74, 6) is 2.14. The third kappa shape index (κ3) is 6.67. The van der Waals surface area contributed by atoms with Crippen LogP contribution < -0.4 is 9.47 Å². The molecule has 2 aromatic carbocycles. The minimum absolute atomic E-state index is 0.0815. The zero-order valence-electron chi connectivity index (χ0n) is 16.4. The highest BCUT2D eigenvalue weighted by Crippen LogP contribution is 2.46. The molecule has 1 aliphatic rings. The van der Waals surface area contributed by atoms with Gasteiger partial charge in [0.2, 0.25) is 0 Å². The molecule has 156 valence electrons. The molecule has 8 heteroatoms. The summed E-state index contributed by atoms with van der Waals surface area (Å²) < 4.78 is 27.3. The Morgan fingerprint density at radius 2 is 1.79 bits per heavy atom. The summed E-state index contributed by atoms with van der Waals surface area (Å²) >= 11 is 0. The molecule has 7 nitrogen and oxygen atoms in total. The van der Waals surface area contributed by atoms with Crippen LogP contribution >= 0.6 is 7.75 Å². The molecule has 1 saturated carbocycles. The molecule has 0 aliphatic heterocycles. The van der Waals surface area contributed by atoms with E-state index in [1.54, 1.807) is 0 Å². The quantitative estimate of drug-likeness (QED) is 0.322. The summed E-state index contributed by atoms with van der Waals surface area (Å²) in [7, 11) is -4.32. The van der Waals surface area contributed by atoms with Gasteiger partial charge in [0.25, 0.3) is 0 Å². The van der Waals surface area contributed by atoms with Crippen molar-refractivity contribution in [2.45, 2.75) is 32.1 Å². The first-order chi connectivity index (χ1) is 13.9. The molecule has 0 heterocycles. The van der Waals surface area contributed by atoms with Crippen molar-refractivity contribution in [2.24, 2.45) is 10.9 Å². The van der Waals surface area contributed by atoms with Crippen LogP contribution in [0.15, 0.2) is 53.5 Å². The highest BCUT2D eigenvalue weighted by atomic mass is 31.2. The van der Waals surface area contributed by atoms with Gasteiger partial charge in [0.05, 0.1) is 6.61 Å². The maximum Gasteiger partial charge on any atom is 0.487 e. The number of ether oxygens (including phenoxy) is 2. The van der Waals surface area contributed by atoms with Gasteiger partial charge in [0, 0.05) is 4.95 Å². The van der Waals surface area contributed by atoms with Crippen LogP contribution in [0.25, 0.3) is 0 Å². The van der Waals surface area contributed by atoms with E-state index in [0.29, 0.717) is 19.1 Å². The highest BCUT2D eigenvalue weighted by molar-refractivity contribution is 7.51. The van der Waals surface area contributed by atoms with Crippen LogP contribution in [0, 0.1) is 17.7 Å². The Hall–Kier alpha value is -2.21. The van der Waals surface area contributed by atoms with E-state index < -0.39 is 7.75 Å². The van der Waals surface area contributed by atoms with Crippen LogP contribution in [-0.2, 0) is 9.09 Å². The third-order valence-corrected chi connectivity index (χ3v) is 5.78. The number of nitroso groups, excluding NO2 is 1. The average Bonchev–Trinajstić information content (AvgIpc) is 3.20. The summed E-state index contributed by atoms with van der Waals surface area (Å²) in [6, 6.07) is 15.9. The lowest BCUT2D eigenvalue weighted by Gasteiger charge is -2.13. The van der Waals surface area contributed by atoms with E-state index >= 15 is 0 Å². The summed E-state index contributed by atoms with van der Waals surface area (Å²) in [6.45, 7) is 3.04. The number of aryl methyl sites for hydroxylation is 1. The molecular formula is C21H26NO6P. The first kappa shape index (κ1) is 21.5. The second-order valence-corrected chi connectivity index (χ2v) is 8.73. The van der Waals surface area contributed by atoms with Crippen molar-refractivity contribution in [1.29, 1.82) is 0 Å². The van der Waals surface area contributed by atoms with Crippen molar-refractivity contribution in [1.82, 2.24) is 0 Å². The van der Waals surface area contributed by atoms with E-state index in [-0.39, 0.29) is 12.5 Å². The molecule has 3 rings (SSSR count). The zero-order valence-corrected chi connectivity index (χ0v) is 17.3. The third-order valence-electron chi connectivity index (χ3n) is 5.08. The van der Waals surface area contributed by atoms with E-state index in [1.807, 2.05) is 43.3 Å². The second-order valence-electron chi connectivity index (χ2n) is 7.33. The normalized spacial score (nSPS) is 20.8. The summed E-state index contributed by atoms with van der Waals surface area (Å²) in [5.41, 5.74) is 2.36. The van der Waals surface area contributed by atoms with Crippen molar-refractivity contribution >= 4 is 7.75 Å². The average molecular weight is 419 g/mol. The number of hydrogen-bond donors (Lipinski definition) is 1. The van der Waals surface area contributed by atoms with Crippen molar-refractivity contribution in [3.05, 3.63) is 64.6 Å². The highest BCUT2D eigenvalue weighted by Gasteiger charge is 2.29. The molecule has 0 spiro atoms. The van der Waals surface area contributed by atoms with Crippen LogP contribution in [0.1, 0.15) is 36.3 Å². The monoisotopic (exact) mass is 419 g/mol. The van der Waals surface area contributed by atoms with Gasteiger partial charge in [-0.2, -0.15) is 0 Å². The lowest BCUT2D eigenvalue weighted by atomic mass is 9.96. The fourth-order valence-corrected chi connectivity index (χ4v) is 4.07. The van der Waals surface area contributed by atoms with Crippen LogP contribution in [0.3, 0.4) is 0 Å². The van der Waals surface area contributed by atoms with Gasteiger partial charge in [-0.15, -0.1) is 4.91 Å². The van der Waals surface area contributed by atoms with Crippen LogP contribution in [0.5, 0.6) is 11.5 Å². The van der Waals surface area contributed by atoms with Gasteiger partial charge in [-0.05, 0) is 73.4 Å². The van der Waals surface area contributed by atoms with Gasteiger partial charge in [-0.25, -0.2) is 4.57 Å². The van der Waals surface area contributed by atoms with Crippen LogP contribution in [0.4, 0.5) is 0 Å². The molecule has 1 aliphatic carbocycles. The predicted molar refractivity (Wildman–Crippen MR) is 110 cm³/mol. The second kappa shape index (κ2) is 10.0. The van der Waals surface area contributed by atoms with Gasteiger partial charge >= 0.3 is 7.75 Å². The topological polar surface area (TPSA) is 94.4 Å². The maximum atomic E-state index is 11.2. The number of benzene rings is 2. The number of nitrogens with zero attached hydrogens (tertiary/aromatic N) is 1. The fourth-order valence-electron chi connectivity index (χ4n) is 3.62. The molecule has 29 heavy (non-hydrogen) atoms. The van der Waals surface area contributed by atoms with E-state index in [9.17, 15) is 9.47 Å². The fraction of sp³-hybridized carbons (Fsp3) is 0.429. The minimum atomic E-state index is -4.32. The molecule has 0 radical (unpaired) electrons. The SMILES string of the molecule is Cc1cccc(OCCOc2ccc(C3CC[C@H](COP(=O)(O)N=O)C3)cc2)c1. The van der Waals surface area contributed by atoms with E-state index in [2.05, 4.69) is 17.1 Å². The molecule has 3 atom stereocenters. The smallest absolute Gasteiger partial charge is 0.487 e. The van der Waals surface area contributed by atoms with Crippen molar-refractivity contribution in [2.75, 3.05) is 19.8 Å². The Kier molecular flexibility index (Phi) is 7.42. The van der Waals surface area contributed by atoms with Crippen molar-refractivity contribution < 1.29 is 23.5 Å². The molecule has 2 aromatic rings. The van der Waals surface area contributed by atoms with E-state index in [1.165, 1.54) is 5.56 Å². The van der Waals surface area contributed by atoms with Crippen LogP contribution in [0.2, 0.25) is 0 Å². The van der Waals surface area contributed by atoms with Crippen LogP contribution in [-0.4, -0.2) is 24.7 Å². The molecule has 0 amide bonds. The Bertz CT molecular complexity index is 857. The lowest BCUT2D eigenvalue weighted by molar-refractivity contribution is 0.216. The van der Waals surface area contributed by atoms with Gasteiger partial charge in [-0.3, -0.25) is 4.52 Å². The van der Waals surface area contributed by atoms with Gasteiger partial charge in [0.1, 0.15) is 24.7 Å². The number of hydrogen-bond acceptors (Lipinski definition) is 5. The van der Waals surface area contributed by atoms with Crippen molar-refractivity contribution in [3.8, 4) is 11.5 Å². The van der Waals surface area contributed by atoms with E-state index in [0.717, 1.165) is 36.3 Å². The van der Waals surface area contributed by atoms with Gasteiger partial charge in [0.15, 0.2) is 0 Å². The minimum Gasteiger partial charge on any atom is -0.490 e. The Labute approximate surface area is 170 Å². The Morgan fingerprint density at radius 3 is 2.48 bits per heavy atom. The molecule has 0 bridgehead atoms. The largest absolute Gasteiger partial charge is 0.490 e. The van der Waals surface area contributed by atoms with Gasteiger partial charge < -0.3 is 14.4 Å². The molecule has 0 saturated heterocycles. The van der Waals surface area contributed by atoms with Crippen molar-refractivity contribution in [3.63, 3.8) is 0 Å². The molecule has 1 fully saturated rings. The summed E-state index contributed by atoms with van der Waals surface area (Å²) in [6.07, 6.45) is 2.71. The Balaban J connectivity index is 1.41. The summed E-state index contributed by atoms with van der Waals surface area (Å²) in [5, 5.41) is 0. The lowest BCUT2D eigenvalue weighted by Crippen LogP contribution is -2.09. The molecular weight excluding hydrogens is 393 g/mol. The van der Waals surface area contributed by atoms with Gasteiger partial charge in [-0.1, -0.05) is 24.3 Å². The Morgan fingerprint density at radius 1 is 1.07 bits per heavy atom. The molecule has 2 unspecified atom stereocenters. The maximum absolute atomic E-state index is 11.2. The van der Waals surface area contributed by atoms with E-state index in [4.69, 9.17) is 18.9 Å². The summed E-state index contributed by atoms with van der Waals surface area (Å²) in [4.78, 5) is 21.5. The first-order valence-electron chi connectivity index (χ1n) is 9.69. The zero-order chi connectivity index (χ0) is 20.7. The number of rotatable bonds is 10. The standard InChI is InChI=1S/C21H26NO6P/c1-16-3-2-4-21(13-16)27-12-11-26-20-9-7-18(8-10-20)19-6-5-17(14-19)15-28-29(24,25)22-23/h2-4,7-10,13,17,19H,5-6,11-12,14-15H2,1H3,(H,24,25)/t17-,19?/m0/s1. The molecule has 1 N–H and O–H groups in total. The molecule has 0 aromatic heterocycles. The first-order valence-corrected chi connectivity index (χ1v) is 11.2.